The summed E-state index contributed by atoms with van der Waals surface area (Å²) in [4.78, 5) is 40.0. The number of nitrogens with one attached hydrogen (secondary N) is 1. The quantitative estimate of drug-likeness (QED) is 0.250. The number of hydrogen-bond donors (Lipinski definition) is 3. The Kier molecular flexibility index (Phi) is 12.6. The van der Waals surface area contributed by atoms with E-state index in [-0.39, 0.29) is 70.1 Å². The summed E-state index contributed by atoms with van der Waals surface area (Å²) in [5, 5.41) is 22.3. The maximum atomic E-state index is 14.2. The zero-order valence-corrected chi connectivity index (χ0v) is 30.5. The van der Waals surface area contributed by atoms with E-state index >= 15 is 0 Å². The number of carboxylic acids is 1. The first-order valence-electron chi connectivity index (χ1n) is 13.6. The van der Waals surface area contributed by atoms with E-state index in [2.05, 4.69) is 5.32 Å². The first-order chi connectivity index (χ1) is 20.5. The van der Waals surface area contributed by atoms with E-state index < -0.39 is 35.4 Å². The van der Waals surface area contributed by atoms with Gasteiger partial charge in [-0.25, -0.2) is 0 Å². The molecule has 2 amide bonds. The van der Waals surface area contributed by atoms with Crippen LogP contribution in [0.4, 0.5) is 11.4 Å². The Hall–Kier alpha value is -2.68. The van der Waals surface area contributed by atoms with Crippen LogP contribution in [0.25, 0.3) is 0 Å². The van der Waals surface area contributed by atoms with Gasteiger partial charge in [0, 0.05) is 90.2 Å². The van der Waals surface area contributed by atoms with Crippen molar-refractivity contribution >= 4 is 40.8 Å². The Labute approximate surface area is 297 Å². The number of fused-ring (bicyclic) bond motifs is 1. The molecule has 1 aliphatic rings. The van der Waals surface area contributed by atoms with E-state index in [0.29, 0.717) is 44.6 Å². The van der Waals surface area contributed by atoms with Gasteiger partial charge in [-0.15, -0.1) is 0 Å². The van der Waals surface area contributed by atoms with Crippen molar-refractivity contribution < 1.29 is 82.9 Å². The molecule has 1 radical (unpaired) electrons. The minimum atomic E-state index is -1.23. The number of methoxy groups -OCH3 is 2. The number of aliphatic hydroxyl groups excluding tert-OH is 1. The van der Waals surface area contributed by atoms with Crippen LogP contribution in [0, 0.1) is 49.5 Å². The van der Waals surface area contributed by atoms with Crippen LogP contribution >= 0.6 is 11.6 Å². The van der Waals surface area contributed by atoms with E-state index in [9.17, 15) is 19.5 Å². The molecule has 1 aliphatic heterocycles. The number of carbonyl (C=O) groups excluding carboxylic acids is 2. The number of para-hydroxylation sites is 1. The maximum Gasteiger partial charge on any atom is 0.307 e. The van der Waals surface area contributed by atoms with Crippen LogP contribution in [0.1, 0.15) is 43.1 Å². The number of anilines is 2. The molecule has 0 unspecified atom stereocenters. The molecule has 231 valence electrons. The maximum absolute atomic E-state index is 14.2. The number of hydrogen-bond acceptors (Lipinski definition) is 7. The van der Waals surface area contributed by atoms with Crippen molar-refractivity contribution in [2.75, 3.05) is 37.6 Å². The molecule has 0 spiro atoms. The van der Waals surface area contributed by atoms with Crippen LogP contribution in [0.2, 0.25) is 5.02 Å². The van der Waals surface area contributed by atoms with Crippen molar-refractivity contribution in [3.05, 3.63) is 82.4 Å². The van der Waals surface area contributed by atoms with Crippen molar-refractivity contribution in [2.24, 2.45) is 5.41 Å². The predicted octanol–water partition coefficient (Wildman–Crippen LogP) is 4.85. The van der Waals surface area contributed by atoms with Crippen molar-refractivity contribution in [1.82, 2.24) is 0 Å². The van der Waals surface area contributed by atoms with Crippen LogP contribution in [0.15, 0.2) is 60.7 Å². The number of nitrogens with zero attached hydrogens (tertiary/aromatic N) is 1. The zero-order valence-electron chi connectivity index (χ0n) is 25.0. The molecular weight excluding hydrogens is 803 g/mol. The molecule has 0 saturated heterocycles. The fraction of sp³-hybridized carbons (Fsp3) is 0.344. The summed E-state index contributed by atoms with van der Waals surface area (Å²) >= 11 is 6.46. The number of aliphatic carboxylic acids is 1. The second kappa shape index (κ2) is 15.5. The second-order valence-electron chi connectivity index (χ2n) is 11.1. The number of carboxylic acid groups (broad SMARTS) is 1. The fourth-order valence-electron chi connectivity index (χ4n) is 4.97. The fourth-order valence-corrected chi connectivity index (χ4v) is 5.15. The molecule has 1 heterocycles. The molecule has 3 aromatic rings. The molecular formula is C32H35AcClN2O8. The molecule has 44 heavy (non-hydrogen) atoms. The third kappa shape index (κ3) is 8.52. The Balaban J connectivity index is 0.00000529. The summed E-state index contributed by atoms with van der Waals surface area (Å²) in [6.45, 7) is 3.63. The molecule has 0 saturated carbocycles. The van der Waals surface area contributed by atoms with Gasteiger partial charge in [0.25, 0.3) is 5.91 Å². The van der Waals surface area contributed by atoms with Gasteiger partial charge >= 0.3 is 5.97 Å². The summed E-state index contributed by atoms with van der Waals surface area (Å²) in [5.74, 6) is -1.03. The van der Waals surface area contributed by atoms with Crippen molar-refractivity contribution in [2.45, 2.75) is 38.9 Å². The molecule has 0 fully saturated rings. The monoisotopic (exact) mass is 837 g/mol. The molecule has 10 nitrogen and oxygen atoms in total. The average Bonchev–Trinajstić information content (AvgIpc) is 3.07. The molecule has 0 aromatic heterocycles. The van der Waals surface area contributed by atoms with Gasteiger partial charge in [-0.3, -0.25) is 14.4 Å². The predicted molar refractivity (Wildman–Crippen MR) is 162 cm³/mol. The third-order valence-corrected chi connectivity index (χ3v) is 7.33. The summed E-state index contributed by atoms with van der Waals surface area (Å²) in [7, 11) is 3.02. The normalized spacial score (nSPS) is 16.3. The van der Waals surface area contributed by atoms with Crippen LogP contribution < -0.4 is 19.7 Å². The summed E-state index contributed by atoms with van der Waals surface area (Å²) in [5.41, 5.74) is 2.03. The molecule has 4 rings (SSSR count). The van der Waals surface area contributed by atoms with Gasteiger partial charge in [0.15, 0.2) is 11.5 Å². The van der Waals surface area contributed by atoms with Gasteiger partial charge in [0.05, 0.1) is 27.1 Å². The third-order valence-electron chi connectivity index (χ3n) is 7.10. The second-order valence-corrected chi connectivity index (χ2v) is 11.5. The molecule has 0 bridgehead atoms. The van der Waals surface area contributed by atoms with Crippen LogP contribution in [-0.2, 0) is 25.5 Å². The molecule has 3 N–H and O–H groups in total. The van der Waals surface area contributed by atoms with Gasteiger partial charge in [-0.1, -0.05) is 49.7 Å². The number of amides is 2. The number of carbonyl (C=O) groups is 3. The minimum absolute atomic E-state index is 0. The van der Waals surface area contributed by atoms with Gasteiger partial charge < -0.3 is 34.6 Å². The topological polar surface area (TPSA) is 135 Å². The number of rotatable bonds is 11. The average molecular weight is 838 g/mol. The molecule has 2 atom stereocenters. The van der Waals surface area contributed by atoms with Gasteiger partial charge in [-0.05, 0) is 42.0 Å². The molecule has 3 aromatic carbocycles. The first-order valence-corrected chi connectivity index (χ1v) is 14.0. The standard InChI is InChI=1S/C32H35ClN2O8.Ac/c1-32(2,18-36)17-35-24-13-10-20(33)15-23(24)29(22-6-5-7-25(41-3)30(22)42-4)43-26(31(35)40)16-27(37)34-21-11-8-19(9-12-21)14-28(38)39;/h5-13,15,26,29,36H,14,16-18H2,1-4H3,(H,34,37)(H,38,39);/t26-,29-;/m1./s1. The Morgan fingerprint density at radius 3 is 2.36 bits per heavy atom. The summed E-state index contributed by atoms with van der Waals surface area (Å²) in [6.07, 6.45) is -2.57. The zero-order chi connectivity index (χ0) is 31.3. The summed E-state index contributed by atoms with van der Waals surface area (Å²) < 4.78 is 17.7. The largest absolute Gasteiger partial charge is 0.493 e. The number of ether oxygens (including phenoxy) is 3. The van der Waals surface area contributed by atoms with Gasteiger partial charge in [-0.2, -0.15) is 0 Å². The summed E-state index contributed by atoms with van der Waals surface area (Å²) in [6, 6.07) is 16.9. The van der Waals surface area contributed by atoms with Crippen molar-refractivity contribution in [3.63, 3.8) is 0 Å². The first kappa shape index (κ1) is 35.8. The van der Waals surface area contributed by atoms with E-state index in [1.165, 1.54) is 19.1 Å². The van der Waals surface area contributed by atoms with Crippen LogP contribution in [0.5, 0.6) is 11.5 Å². The van der Waals surface area contributed by atoms with E-state index in [1.807, 2.05) is 13.8 Å². The van der Waals surface area contributed by atoms with E-state index in [4.69, 9.17) is 30.9 Å². The number of halogens is 1. The van der Waals surface area contributed by atoms with E-state index in [0.717, 1.165) is 0 Å². The Morgan fingerprint density at radius 1 is 1.05 bits per heavy atom. The molecule has 0 aliphatic carbocycles. The smallest absolute Gasteiger partial charge is 0.307 e. The molecule has 12 heteroatoms. The Bertz CT molecular complexity index is 1500. The van der Waals surface area contributed by atoms with Crippen molar-refractivity contribution in [1.29, 1.82) is 0 Å². The van der Waals surface area contributed by atoms with Gasteiger partial charge in [0.2, 0.25) is 5.91 Å². The number of aliphatic hydroxyl groups is 1. The van der Waals surface area contributed by atoms with Gasteiger partial charge in [0.1, 0.15) is 12.2 Å². The Morgan fingerprint density at radius 2 is 1.75 bits per heavy atom. The van der Waals surface area contributed by atoms with E-state index in [1.54, 1.807) is 60.7 Å². The van der Waals surface area contributed by atoms with Crippen LogP contribution in [0.3, 0.4) is 0 Å². The SMILES string of the molecule is COc1cccc([C@H]2O[C@H](CC(=O)Nc3ccc(CC(=O)O)cc3)C(=O)N(CC(C)(C)CO)c3ccc(Cl)cc32)c1OC.[Ac]. The minimum Gasteiger partial charge on any atom is -0.493 e. The van der Waals surface area contributed by atoms with Crippen LogP contribution in [-0.4, -0.2) is 61.5 Å². The number of benzene rings is 3. The van der Waals surface area contributed by atoms with Crippen molar-refractivity contribution in [3.8, 4) is 11.5 Å².